The van der Waals surface area contributed by atoms with Crippen molar-refractivity contribution < 1.29 is 4.42 Å². The minimum Gasteiger partial charge on any atom is -0.469 e. The van der Waals surface area contributed by atoms with E-state index in [-0.39, 0.29) is 0 Å². The monoisotopic (exact) mass is 214 g/mol. The Morgan fingerprint density at radius 2 is 2.31 bits per heavy atom. The van der Waals surface area contributed by atoms with Crippen LogP contribution in [0.2, 0.25) is 0 Å². The molecule has 2 aliphatic carbocycles. The Kier molecular flexibility index (Phi) is 2.10. The van der Waals surface area contributed by atoms with Gasteiger partial charge in [0.1, 0.15) is 5.76 Å². The zero-order valence-electron chi connectivity index (χ0n) is 9.99. The molecule has 2 atom stereocenters. The third kappa shape index (κ3) is 1.31. The minimum absolute atomic E-state index is 0.330. The lowest BCUT2D eigenvalue weighted by atomic mass is 9.67. The summed E-state index contributed by atoms with van der Waals surface area (Å²) in [5.41, 5.74) is 3.27. The van der Waals surface area contributed by atoms with Crippen LogP contribution in [0, 0.1) is 11.3 Å². The van der Waals surface area contributed by atoms with Gasteiger partial charge in [0.2, 0.25) is 0 Å². The predicted molar refractivity (Wildman–Crippen MR) is 65.2 cm³/mol. The number of hydrogen-bond donors (Lipinski definition) is 0. The molecule has 0 fully saturated rings. The molecule has 3 rings (SSSR count). The lowest BCUT2D eigenvalue weighted by molar-refractivity contribution is 0.275. The number of fused-ring (bicyclic) bond motifs is 2. The van der Waals surface area contributed by atoms with Crippen LogP contribution in [0.3, 0.4) is 0 Å². The van der Waals surface area contributed by atoms with E-state index in [1.54, 1.807) is 0 Å². The lowest BCUT2D eigenvalue weighted by Gasteiger charge is -2.37. The molecule has 0 spiro atoms. The van der Waals surface area contributed by atoms with Crippen molar-refractivity contribution in [2.75, 3.05) is 0 Å². The van der Waals surface area contributed by atoms with E-state index in [4.69, 9.17) is 4.42 Å². The number of hydrogen-bond acceptors (Lipinski definition) is 1. The maximum Gasteiger partial charge on any atom is 0.111 e. The average molecular weight is 214 g/mol. The fraction of sp³-hybridized carbons (Fsp3) is 0.467. The fourth-order valence-corrected chi connectivity index (χ4v) is 2.99. The van der Waals surface area contributed by atoms with Gasteiger partial charge in [-0.15, -0.1) is 0 Å². The SMILES string of the molecule is CC1C=CC=C2Cc3occc3CCC21C. The Hall–Kier alpha value is -1.24. The van der Waals surface area contributed by atoms with E-state index in [1.165, 1.54) is 23.3 Å². The summed E-state index contributed by atoms with van der Waals surface area (Å²) in [7, 11) is 0. The quantitative estimate of drug-likeness (QED) is 0.638. The maximum absolute atomic E-state index is 5.60. The second-order valence-electron chi connectivity index (χ2n) is 5.33. The van der Waals surface area contributed by atoms with E-state index >= 15 is 0 Å². The van der Waals surface area contributed by atoms with E-state index in [0.717, 1.165) is 12.8 Å². The molecule has 0 N–H and O–H groups in total. The van der Waals surface area contributed by atoms with Crippen molar-refractivity contribution in [3.05, 3.63) is 47.5 Å². The van der Waals surface area contributed by atoms with Crippen LogP contribution in [0.15, 0.2) is 40.5 Å². The van der Waals surface area contributed by atoms with Crippen LogP contribution in [-0.4, -0.2) is 0 Å². The summed E-state index contributed by atoms with van der Waals surface area (Å²) >= 11 is 0. The first-order valence-corrected chi connectivity index (χ1v) is 6.13. The van der Waals surface area contributed by atoms with Gasteiger partial charge in [-0.1, -0.05) is 37.6 Å². The summed E-state index contributed by atoms with van der Waals surface area (Å²) < 4.78 is 5.60. The van der Waals surface area contributed by atoms with E-state index in [1.807, 2.05) is 6.26 Å². The maximum atomic E-state index is 5.60. The largest absolute Gasteiger partial charge is 0.469 e. The van der Waals surface area contributed by atoms with E-state index in [0.29, 0.717) is 11.3 Å². The first kappa shape index (κ1) is 9.95. The molecule has 0 saturated heterocycles. The van der Waals surface area contributed by atoms with Crippen LogP contribution >= 0.6 is 0 Å². The molecule has 0 aliphatic heterocycles. The molecule has 2 aliphatic rings. The third-order valence-electron chi connectivity index (χ3n) is 4.54. The normalized spacial score (nSPS) is 32.6. The highest BCUT2D eigenvalue weighted by Crippen LogP contribution is 2.46. The molecule has 16 heavy (non-hydrogen) atoms. The van der Waals surface area contributed by atoms with Gasteiger partial charge in [-0.2, -0.15) is 0 Å². The van der Waals surface area contributed by atoms with Crippen LogP contribution in [0.25, 0.3) is 0 Å². The zero-order valence-corrected chi connectivity index (χ0v) is 9.99. The van der Waals surface area contributed by atoms with Gasteiger partial charge < -0.3 is 4.42 Å². The number of aryl methyl sites for hydroxylation is 1. The summed E-state index contributed by atoms with van der Waals surface area (Å²) in [6, 6.07) is 2.13. The molecule has 0 amide bonds. The predicted octanol–water partition coefficient (Wildman–Crippen LogP) is 3.91. The summed E-state index contributed by atoms with van der Waals surface area (Å²) in [6.45, 7) is 4.73. The van der Waals surface area contributed by atoms with Crippen LogP contribution in [0.4, 0.5) is 0 Å². The number of rotatable bonds is 0. The van der Waals surface area contributed by atoms with E-state index in [9.17, 15) is 0 Å². The van der Waals surface area contributed by atoms with Gasteiger partial charge in [0, 0.05) is 6.42 Å². The Labute approximate surface area is 96.8 Å². The van der Waals surface area contributed by atoms with Gasteiger partial charge in [0.25, 0.3) is 0 Å². The molecule has 1 heterocycles. The average Bonchev–Trinajstić information content (AvgIpc) is 2.65. The molecule has 1 nitrogen and oxygen atoms in total. The van der Waals surface area contributed by atoms with Crippen LogP contribution in [0.5, 0.6) is 0 Å². The minimum atomic E-state index is 0.330. The van der Waals surface area contributed by atoms with Gasteiger partial charge in [-0.05, 0) is 35.8 Å². The number of furan rings is 1. The fourth-order valence-electron chi connectivity index (χ4n) is 2.99. The highest BCUT2D eigenvalue weighted by Gasteiger charge is 2.37. The van der Waals surface area contributed by atoms with Crippen LogP contribution < -0.4 is 0 Å². The Morgan fingerprint density at radius 3 is 3.19 bits per heavy atom. The number of allylic oxidation sites excluding steroid dienone is 4. The Morgan fingerprint density at radius 1 is 1.44 bits per heavy atom. The molecular weight excluding hydrogens is 196 g/mol. The Balaban J connectivity index is 2.04. The van der Waals surface area contributed by atoms with Crippen LogP contribution in [0.1, 0.15) is 31.6 Å². The molecule has 0 radical (unpaired) electrons. The van der Waals surface area contributed by atoms with Gasteiger partial charge in [-0.25, -0.2) is 0 Å². The Bertz CT molecular complexity index is 464. The summed E-state index contributed by atoms with van der Waals surface area (Å²) in [6.07, 6.45) is 12.0. The van der Waals surface area contributed by atoms with E-state index < -0.39 is 0 Å². The zero-order chi connectivity index (χ0) is 11.2. The van der Waals surface area contributed by atoms with Crippen molar-refractivity contribution in [3.63, 3.8) is 0 Å². The molecule has 0 bridgehead atoms. The molecular formula is C15H18O. The molecule has 84 valence electrons. The summed E-state index contributed by atoms with van der Waals surface area (Å²) in [4.78, 5) is 0. The molecule has 1 aromatic heterocycles. The summed E-state index contributed by atoms with van der Waals surface area (Å²) in [5, 5.41) is 0. The highest BCUT2D eigenvalue weighted by molar-refractivity contribution is 5.35. The molecule has 2 unspecified atom stereocenters. The highest BCUT2D eigenvalue weighted by atomic mass is 16.3. The van der Waals surface area contributed by atoms with Gasteiger partial charge in [0.05, 0.1) is 6.26 Å². The summed E-state index contributed by atoms with van der Waals surface area (Å²) in [5.74, 6) is 1.81. The topological polar surface area (TPSA) is 13.1 Å². The first-order chi connectivity index (χ1) is 7.70. The van der Waals surface area contributed by atoms with Crippen molar-refractivity contribution in [2.45, 2.75) is 33.1 Å². The second kappa shape index (κ2) is 3.38. The second-order valence-corrected chi connectivity index (χ2v) is 5.33. The van der Waals surface area contributed by atoms with Crippen LogP contribution in [-0.2, 0) is 12.8 Å². The van der Waals surface area contributed by atoms with Gasteiger partial charge in [-0.3, -0.25) is 0 Å². The van der Waals surface area contributed by atoms with Crippen molar-refractivity contribution >= 4 is 0 Å². The molecule has 1 aromatic rings. The van der Waals surface area contributed by atoms with Crippen molar-refractivity contribution in [1.29, 1.82) is 0 Å². The smallest absolute Gasteiger partial charge is 0.111 e. The molecule has 0 aromatic carbocycles. The van der Waals surface area contributed by atoms with Gasteiger partial charge >= 0.3 is 0 Å². The molecule has 0 saturated carbocycles. The van der Waals surface area contributed by atoms with Gasteiger partial charge in [0.15, 0.2) is 0 Å². The molecule has 1 heteroatoms. The van der Waals surface area contributed by atoms with Crippen molar-refractivity contribution in [2.24, 2.45) is 11.3 Å². The van der Waals surface area contributed by atoms with Crippen molar-refractivity contribution in [1.82, 2.24) is 0 Å². The standard InChI is InChI=1S/C15H18O/c1-11-4-3-5-13-10-14-12(7-9-16-14)6-8-15(11,13)2/h3-5,7,9,11H,6,8,10H2,1-2H3. The van der Waals surface area contributed by atoms with Crippen molar-refractivity contribution in [3.8, 4) is 0 Å². The van der Waals surface area contributed by atoms with E-state index in [2.05, 4.69) is 38.1 Å². The third-order valence-corrected chi connectivity index (χ3v) is 4.54. The lowest BCUT2D eigenvalue weighted by Crippen LogP contribution is -2.28. The first-order valence-electron chi connectivity index (χ1n) is 6.13.